The van der Waals surface area contributed by atoms with Crippen molar-refractivity contribution < 1.29 is 14.8 Å². The molecule has 0 aliphatic heterocycles. The zero-order valence-corrected chi connectivity index (χ0v) is 10.8. The lowest BCUT2D eigenvalue weighted by Gasteiger charge is -2.12. The summed E-state index contributed by atoms with van der Waals surface area (Å²) in [7, 11) is 1.45. The SMILES string of the molecule is COc1ccc([N+](=O)[O-])c(CC(O)CC(C)C)n1. The molecule has 0 saturated heterocycles. The maximum atomic E-state index is 10.9. The fourth-order valence-corrected chi connectivity index (χ4v) is 1.75. The molecular formula is C12H18N2O4. The van der Waals surface area contributed by atoms with Crippen molar-refractivity contribution in [2.45, 2.75) is 32.8 Å². The first-order valence-corrected chi connectivity index (χ1v) is 5.80. The van der Waals surface area contributed by atoms with Crippen molar-refractivity contribution >= 4 is 5.69 Å². The summed E-state index contributed by atoms with van der Waals surface area (Å²) in [5.74, 6) is 0.636. The Kier molecular flexibility index (Phi) is 5.03. The summed E-state index contributed by atoms with van der Waals surface area (Å²) in [5.41, 5.74) is 0.172. The number of nitro groups is 1. The molecule has 6 heteroatoms. The molecule has 100 valence electrons. The van der Waals surface area contributed by atoms with E-state index in [-0.39, 0.29) is 17.8 Å². The van der Waals surface area contributed by atoms with Gasteiger partial charge in [-0.1, -0.05) is 13.8 Å². The fraction of sp³-hybridized carbons (Fsp3) is 0.583. The van der Waals surface area contributed by atoms with Crippen LogP contribution in [0.15, 0.2) is 12.1 Å². The monoisotopic (exact) mass is 254 g/mol. The van der Waals surface area contributed by atoms with E-state index in [2.05, 4.69) is 4.98 Å². The molecule has 0 fully saturated rings. The van der Waals surface area contributed by atoms with Gasteiger partial charge in [0.15, 0.2) is 0 Å². The minimum absolute atomic E-state index is 0.0846. The van der Waals surface area contributed by atoms with Gasteiger partial charge in [-0.05, 0) is 12.3 Å². The van der Waals surface area contributed by atoms with Crippen LogP contribution >= 0.6 is 0 Å². The van der Waals surface area contributed by atoms with E-state index in [9.17, 15) is 15.2 Å². The molecule has 1 atom stereocenters. The first kappa shape index (κ1) is 14.4. The number of pyridine rings is 1. The maximum absolute atomic E-state index is 10.9. The third-order valence-corrected chi connectivity index (χ3v) is 2.50. The van der Waals surface area contributed by atoms with Gasteiger partial charge >= 0.3 is 0 Å². The molecule has 1 rings (SSSR count). The van der Waals surface area contributed by atoms with Crippen molar-refractivity contribution in [1.29, 1.82) is 0 Å². The van der Waals surface area contributed by atoms with Gasteiger partial charge in [0.05, 0.1) is 18.1 Å². The standard InChI is InChI=1S/C12H18N2O4/c1-8(2)6-9(15)7-10-11(14(16)17)4-5-12(13-10)18-3/h4-5,8-9,15H,6-7H2,1-3H3. The van der Waals surface area contributed by atoms with Gasteiger partial charge in [-0.25, -0.2) is 4.98 Å². The number of methoxy groups -OCH3 is 1. The van der Waals surface area contributed by atoms with E-state index in [0.717, 1.165) is 0 Å². The summed E-state index contributed by atoms with van der Waals surface area (Å²) in [6, 6.07) is 2.79. The van der Waals surface area contributed by atoms with Crippen LogP contribution in [0.2, 0.25) is 0 Å². The van der Waals surface area contributed by atoms with Crippen molar-refractivity contribution in [3.8, 4) is 5.88 Å². The quantitative estimate of drug-likeness (QED) is 0.619. The molecular weight excluding hydrogens is 236 g/mol. The van der Waals surface area contributed by atoms with E-state index in [1.165, 1.54) is 19.2 Å². The molecule has 6 nitrogen and oxygen atoms in total. The van der Waals surface area contributed by atoms with E-state index in [4.69, 9.17) is 4.74 Å². The number of ether oxygens (including phenoxy) is 1. The van der Waals surface area contributed by atoms with Crippen LogP contribution in [0.3, 0.4) is 0 Å². The highest BCUT2D eigenvalue weighted by molar-refractivity contribution is 5.38. The summed E-state index contributed by atoms with van der Waals surface area (Å²) < 4.78 is 4.94. The van der Waals surface area contributed by atoms with Gasteiger partial charge in [-0.2, -0.15) is 0 Å². The van der Waals surface area contributed by atoms with E-state index in [1.807, 2.05) is 13.8 Å². The topological polar surface area (TPSA) is 85.5 Å². The second-order valence-corrected chi connectivity index (χ2v) is 4.56. The van der Waals surface area contributed by atoms with Crippen molar-refractivity contribution in [3.63, 3.8) is 0 Å². The van der Waals surface area contributed by atoms with Gasteiger partial charge in [-0.15, -0.1) is 0 Å². The normalized spacial score (nSPS) is 12.5. The Morgan fingerprint density at radius 3 is 2.67 bits per heavy atom. The maximum Gasteiger partial charge on any atom is 0.291 e. The van der Waals surface area contributed by atoms with Crippen LogP contribution in [0, 0.1) is 16.0 Å². The Hall–Kier alpha value is -1.69. The number of aliphatic hydroxyl groups is 1. The lowest BCUT2D eigenvalue weighted by molar-refractivity contribution is -0.386. The van der Waals surface area contributed by atoms with Gasteiger partial charge in [0.1, 0.15) is 5.69 Å². The van der Waals surface area contributed by atoms with Crippen molar-refractivity contribution in [2.24, 2.45) is 5.92 Å². The first-order chi connectivity index (χ1) is 8.43. The zero-order valence-electron chi connectivity index (χ0n) is 10.8. The molecule has 0 spiro atoms. The molecule has 0 aromatic carbocycles. The van der Waals surface area contributed by atoms with Gasteiger partial charge in [0.25, 0.3) is 5.69 Å². The van der Waals surface area contributed by atoms with Crippen LogP contribution in [0.1, 0.15) is 26.0 Å². The van der Waals surface area contributed by atoms with Gasteiger partial charge in [0.2, 0.25) is 5.88 Å². The predicted octanol–water partition coefficient (Wildman–Crippen LogP) is 1.95. The largest absolute Gasteiger partial charge is 0.481 e. The number of aliphatic hydroxyl groups excluding tert-OH is 1. The summed E-state index contributed by atoms with van der Waals surface area (Å²) in [4.78, 5) is 14.4. The van der Waals surface area contributed by atoms with Crippen molar-refractivity contribution in [1.82, 2.24) is 4.98 Å². The highest BCUT2D eigenvalue weighted by atomic mass is 16.6. The second-order valence-electron chi connectivity index (χ2n) is 4.56. The molecule has 0 aliphatic rings. The fourth-order valence-electron chi connectivity index (χ4n) is 1.75. The highest BCUT2D eigenvalue weighted by Gasteiger charge is 2.19. The van der Waals surface area contributed by atoms with Crippen molar-refractivity contribution in [3.05, 3.63) is 27.9 Å². The van der Waals surface area contributed by atoms with E-state index in [0.29, 0.717) is 18.2 Å². The van der Waals surface area contributed by atoms with Gasteiger partial charge < -0.3 is 9.84 Å². The number of rotatable bonds is 6. The third-order valence-electron chi connectivity index (χ3n) is 2.50. The Morgan fingerprint density at radius 2 is 2.17 bits per heavy atom. The molecule has 18 heavy (non-hydrogen) atoms. The van der Waals surface area contributed by atoms with Crippen molar-refractivity contribution in [2.75, 3.05) is 7.11 Å². The smallest absolute Gasteiger partial charge is 0.291 e. The Balaban J connectivity index is 2.93. The molecule has 1 aromatic heterocycles. The van der Waals surface area contributed by atoms with Crippen LogP contribution < -0.4 is 4.74 Å². The van der Waals surface area contributed by atoms with E-state index >= 15 is 0 Å². The molecule has 0 radical (unpaired) electrons. The van der Waals surface area contributed by atoms with Crippen LogP contribution in [0.5, 0.6) is 5.88 Å². The minimum atomic E-state index is -0.636. The van der Waals surface area contributed by atoms with Crippen LogP contribution in [-0.2, 0) is 6.42 Å². The molecule has 1 N–H and O–H groups in total. The van der Waals surface area contributed by atoms with E-state index in [1.54, 1.807) is 0 Å². The predicted molar refractivity (Wildman–Crippen MR) is 66.6 cm³/mol. The van der Waals surface area contributed by atoms with Gasteiger partial charge in [-0.3, -0.25) is 10.1 Å². The molecule has 1 unspecified atom stereocenters. The van der Waals surface area contributed by atoms with Crippen LogP contribution in [0.4, 0.5) is 5.69 Å². The van der Waals surface area contributed by atoms with Gasteiger partial charge in [0, 0.05) is 18.6 Å². The number of hydrogen-bond donors (Lipinski definition) is 1. The Labute approximate surface area is 106 Å². The Bertz CT molecular complexity index is 421. The molecule has 0 saturated carbocycles. The summed E-state index contributed by atoms with van der Waals surface area (Å²) in [6.45, 7) is 3.97. The average Bonchev–Trinajstić information content (AvgIpc) is 2.27. The number of hydrogen-bond acceptors (Lipinski definition) is 5. The lowest BCUT2D eigenvalue weighted by Crippen LogP contribution is -2.15. The number of aromatic nitrogens is 1. The highest BCUT2D eigenvalue weighted by Crippen LogP contribution is 2.22. The summed E-state index contributed by atoms with van der Waals surface area (Å²) in [5, 5.41) is 20.7. The molecule has 0 bridgehead atoms. The first-order valence-electron chi connectivity index (χ1n) is 5.80. The second kappa shape index (κ2) is 6.30. The summed E-state index contributed by atoms with van der Waals surface area (Å²) >= 11 is 0. The van der Waals surface area contributed by atoms with E-state index < -0.39 is 11.0 Å². The summed E-state index contributed by atoms with van der Waals surface area (Å²) in [6.07, 6.45) is 0.102. The van der Waals surface area contributed by atoms with Crippen LogP contribution in [-0.4, -0.2) is 28.2 Å². The third kappa shape index (κ3) is 3.96. The molecule has 1 aromatic rings. The molecule has 1 heterocycles. The lowest BCUT2D eigenvalue weighted by atomic mass is 10.0. The zero-order chi connectivity index (χ0) is 13.7. The Morgan fingerprint density at radius 1 is 1.50 bits per heavy atom. The number of nitrogens with zero attached hydrogens (tertiary/aromatic N) is 2. The average molecular weight is 254 g/mol. The molecule has 0 amide bonds. The molecule has 0 aliphatic carbocycles. The van der Waals surface area contributed by atoms with Crippen LogP contribution in [0.25, 0.3) is 0 Å². The minimum Gasteiger partial charge on any atom is -0.481 e.